The van der Waals surface area contributed by atoms with Crippen LogP contribution < -0.4 is 0 Å². The number of aliphatic hydroxyl groups excluding tert-OH is 2. The molecule has 0 bridgehead atoms. The molecule has 0 spiro atoms. The maximum atomic E-state index is 14.1. The largest absolute Gasteiger partial charge is 0.511 e. The lowest BCUT2D eigenvalue weighted by Crippen LogP contribution is -2.50. The normalized spacial score (nSPS) is 21.7. The fourth-order valence-corrected chi connectivity index (χ4v) is 7.70. The molecule has 5 N–H and O–H groups in total. The number of Topliss-reactive ketones (excluding diaryl/α,β-unsaturated/α-hetero) is 5. The zero-order valence-electron chi connectivity index (χ0n) is 30.5. The van der Waals surface area contributed by atoms with Crippen molar-refractivity contribution in [3.8, 4) is 17.2 Å². The van der Waals surface area contributed by atoms with Gasteiger partial charge in [0.15, 0.2) is 28.9 Å². The van der Waals surface area contributed by atoms with Gasteiger partial charge in [-0.15, -0.1) is 0 Å². The van der Waals surface area contributed by atoms with Crippen molar-refractivity contribution in [1.29, 1.82) is 0 Å². The minimum absolute atomic E-state index is 0.119. The van der Waals surface area contributed by atoms with E-state index in [9.17, 15) is 49.5 Å². The van der Waals surface area contributed by atoms with Gasteiger partial charge in [-0.2, -0.15) is 0 Å². The number of carbonyl (C=O) groups excluding carboxylic acids is 5. The number of phenolic OH excluding ortho intramolecular Hbond substituents is 3. The first-order valence-electron chi connectivity index (χ1n) is 16.6. The van der Waals surface area contributed by atoms with Crippen molar-refractivity contribution in [2.75, 3.05) is 0 Å². The highest BCUT2D eigenvalue weighted by atomic mass is 16.3. The Kier molecular flexibility index (Phi) is 9.77. The van der Waals surface area contributed by atoms with Gasteiger partial charge < -0.3 is 25.5 Å². The van der Waals surface area contributed by atoms with Crippen molar-refractivity contribution in [2.45, 2.75) is 115 Å². The van der Waals surface area contributed by atoms with Gasteiger partial charge in [-0.05, 0) is 73.6 Å². The first kappa shape index (κ1) is 38.5. The van der Waals surface area contributed by atoms with Crippen LogP contribution >= 0.6 is 0 Å². The van der Waals surface area contributed by atoms with Gasteiger partial charge in [-0.3, -0.25) is 24.0 Å². The maximum absolute atomic E-state index is 14.1. The number of hydrogen-bond donors (Lipinski definition) is 5. The smallest absolute Gasteiger partial charge is 0.175 e. The number of hydrogen-bond acceptors (Lipinski definition) is 10. The Morgan fingerprint density at radius 2 is 0.875 bits per heavy atom. The van der Waals surface area contributed by atoms with Crippen molar-refractivity contribution >= 4 is 28.9 Å². The van der Waals surface area contributed by atoms with E-state index in [2.05, 4.69) is 0 Å². The van der Waals surface area contributed by atoms with Gasteiger partial charge in [0.25, 0.3) is 0 Å². The highest BCUT2D eigenvalue weighted by Gasteiger charge is 2.57. The molecule has 0 saturated carbocycles. The van der Waals surface area contributed by atoms with E-state index < -0.39 is 109 Å². The molecule has 48 heavy (non-hydrogen) atoms. The van der Waals surface area contributed by atoms with E-state index in [-0.39, 0.29) is 28.7 Å². The molecule has 0 aromatic heterocycles. The summed E-state index contributed by atoms with van der Waals surface area (Å²) in [5.74, 6) is -10.6. The maximum Gasteiger partial charge on any atom is 0.175 e. The standard InChI is InChI=1S/C38H52O10/c1-14-15-18(39)21-26(40)22(19(16(2)3)24-29(43)35(6,7)33(47)36(8,9)30(24)44)28(42)23(27(21)41)20(17(4)5)25-31(45)37(10,11)34(48)38(12,13)32(25)46/h16-17,19-20,40-43,45H,14-15H2,1-13H3. The van der Waals surface area contributed by atoms with Gasteiger partial charge in [-0.1, -0.05) is 34.6 Å². The third kappa shape index (κ3) is 5.35. The van der Waals surface area contributed by atoms with Crippen LogP contribution in [-0.2, 0) is 19.2 Å². The Morgan fingerprint density at radius 3 is 1.15 bits per heavy atom. The summed E-state index contributed by atoms with van der Waals surface area (Å²) in [7, 11) is 0. The van der Waals surface area contributed by atoms with E-state index >= 15 is 0 Å². The van der Waals surface area contributed by atoms with E-state index in [4.69, 9.17) is 0 Å². The highest BCUT2D eigenvalue weighted by Crippen LogP contribution is 2.58. The van der Waals surface area contributed by atoms with Crippen molar-refractivity contribution < 1.29 is 49.5 Å². The molecule has 0 amide bonds. The van der Waals surface area contributed by atoms with E-state index in [1.807, 2.05) is 0 Å². The molecule has 2 unspecified atom stereocenters. The molecule has 0 fully saturated rings. The first-order valence-corrected chi connectivity index (χ1v) is 16.6. The van der Waals surface area contributed by atoms with Gasteiger partial charge in [0.2, 0.25) is 0 Å². The quantitative estimate of drug-likeness (QED) is 0.132. The number of ketones is 5. The van der Waals surface area contributed by atoms with E-state index in [0.717, 1.165) is 0 Å². The second-order valence-electron chi connectivity index (χ2n) is 16.2. The van der Waals surface area contributed by atoms with Crippen LogP contribution in [0.3, 0.4) is 0 Å². The Bertz CT molecular complexity index is 1570. The summed E-state index contributed by atoms with van der Waals surface area (Å²) in [6.45, 7) is 20.0. The summed E-state index contributed by atoms with van der Waals surface area (Å²) in [6.07, 6.45) is 0.209. The van der Waals surface area contributed by atoms with Crippen LogP contribution in [0.4, 0.5) is 0 Å². The Labute approximate surface area is 282 Å². The third-order valence-electron chi connectivity index (χ3n) is 10.4. The second-order valence-corrected chi connectivity index (χ2v) is 16.2. The molecule has 2 aliphatic rings. The number of rotatable bonds is 9. The minimum atomic E-state index is -1.60. The number of aliphatic hydroxyl groups is 2. The number of allylic oxidation sites excluding steroid dienone is 4. The van der Waals surface area contributed by atoms with Crippen molar-refractivity contribution in [3.05, 3.63) is 39.4 Å². The fourth-order valence-electron chi connectivity index (χ4n) is 7.70. The van der Waals surface area contributed by atoms with Crippen LogP contribution in [0.15, 0.2) is 22.7 Å². The molecule has 0 saturated heterocycles. The average Bonchev–Trinajstić information content (AvgIpc) is 2.96. The molecule has 264 valence electrons. The van der Waals surface area contributed by atoms with Crippen LogP contribution in [0, 0.1) is 33.5 Å². The van der Waals surface area contributed by atoms with Crippen molar-refractivity contribution in [3.63, 3.8) is 0 Å². The summed E-state index contributed by atoms with van der Waals surface area (Å²) >= 11 is 0. The molecule has 10 heteroatoms. The summed E-state index contributed by atoms with van der Waals surface area (Å²) in [5, 5.41) is 59.1. The van der Waals surface area contributed by atoms with Crippen LogP contribution in [0.5, 0.6) is 17.2 Å². The number of benzene rings is 1. The summed E-state index contributed by atoms with van der Waals surface area (Å²) < 4.78 is 0. The Hall–Kier alpha value is -3.95. The molecule has 1 aromatic rings. The molecule has 3 rings (SSSR count). The zero-order chi connectivity index (χ0) is 37.4. The number of aromatic hydroxyl groups is 3. The van der Waals surface area contributed by atoms with Crippen molar-refractivity contribution in [1.82, 2.24) is 0 Å². The predicted octanol–water partition coefficient (Wildman–Crippen LogP) is 7.30. The van der Waals surface area contributed by atoms with E-state index in [1.54, 1.807) is 34.6 Å². The zero-order valence-corrected chi connectivity index (χ0v) is 30.5. The van der Waals surface area contributed by atoms with Crippen molar-refractivity contribution in [2.24, 2.45) is 33.5 Å². The molecule has 2 aliphatic carbocycles. The molecule has 0 radical (unpaired) electrons. The monoisotopic (exact) mass is 668 g/mol. The summed E-state index contributed by atoms with van der Waals surface area (Å²) in [4.78, 5) is 68.5. The Balaban J connectivity index is 2.66. The van der Waals surface area contributed by atoms with Crippen LogP contribution in [0.25, 0.3) is 0 Å². The first-order chi connectivity index (χ1) is 21.7. The van der Waals surface area contributed by atoms with Gasteiger partial charge in [0.1, 0.15) is 34.3 Å². The van der Waals surface area contributed by atoms with Gasteiger partial charge in [0, 0.05) is 40.5 Å². The lowest BCUT2D eigenvalue weighted by Gasteiger charge is -2.42. The molecule has 10 nitrogen and oxygen atoms in total. The lowest BCUT2D eigenvalue weighted by atomic mass is 9.59. The average molecular weight is 669 g/mol. The van der Waals surface area contributed by atoms with Gasteiger partial charge in [0.05, 0.1) is 21.7 Å². The third-order valence-corrected chi connectivity index (χ3v) is 10.4. The predicted molar refractivity (Wildman–Crippen MR) is 180 cm³/mol. The minimum Gasteiger partial charge on any atom is -0.511 e. The summed E-state index contributed by atoms with van der Waals surface area (Å²) in [5.41, 5.74) is -7.97. The fraction of sp³-hybridized carbons (Fsp3) is 0.605. The van der Waals surface area contributed by atoms with Crippen LogP contribution in [0.1, 0.15) is 136 Å². The van der Waals surface area contributed by atoms with Crippen LogP contribution in [0.2, 0.25) is 0 Å². The molecular formula is C38H52O10. The lowest BCUT2D eigenvalue weighted by molar-refractivity contribution is -0.146. The molecule has 0 heterocycles. The van der Waals surface area contributed by atoms with Gasteiger partial charge in [-0.25, -0.2) is 0 Å². The van der Waals surface area contributed by atoms with E-state index in [1.165, 1.54) is 55.4 Å². The second kappa shape index (κ2) is 12.2. The molecule has 0 aliphatic heterocycles. The van der Waals surface area contributed by atoms with Crippen LogP contribution in [-0.4, -0.2) is 54.4 Å². The number of phenols is 3. The van der Waals surface area contributed by atoms with Gasteiger partial charge >= 0.3 is 0 Å². The number of carbonyl (C=O) groups is 5. The van der Waals surface area contributed by atoms with E-state index in [0.29, 0.717) is 6.42 Å². The Morgan fingerprint density at radius 1 is 0.562 bits per heavy atom. The topological polar surface area (TPSA) is 186 Å². The highest BCUT2D eigenvalue weighted by molar-refractivity contribution is 6.20. The SMILES string of the molecule is CCCC(=O)c1c(O)c(C(C2=C(O)C(C)(C)C(=O)C(C)(C)C2=O)C(C)C)c(O)c(C(C2=C(O)C(C)(C)C(=O)C(C)(C)C2=O)C(C)C)c1O. The summed E-state index contributed by atoms with van der Waals surface area (Å²) in [6, 6.07) is 0. The molecule has 2 atom stereocenters. The molecule has 1 aromatic carbocycles. The molecular weight excluding hydrogens is 616 g/mol.